The molecule has 0 saturated heterocycles. The van der Waals surface area contributed by atoms with Gasteiger partial charge >= 0.3 is 0 Å². The summed E-state index contributed by atoms with van der Waals surface area (Å²) in [6.45, 7) is 4.54. The van der Waals surface area contributed by atoms with Gasteiger partial charge in [0.25, 0.3) is 0 Å². The molecule has 0 nitrogen and oxygen atoms in total. The second kappa shape index (κ2) is 23.1. The van der Waals surface area contributed by atoms with Gasteiger partial charge in [-0.25, -0.2) is 0 Å². The van der Waals surface area contributed by atoms with Crippen molar-refractivity contribution in [3.8, 4) is 0 Å². The molecule has 0 aliphatic heterocycles. The van der Waals surface area contributed by atoms with Gasteiger partial charge in [0.1, 0.15) is 0 Å². The van der Waals surface area contributed by atoms with E-state index in [4.69, 9.17) is 0 Å². The first-order chi connectivity index (χ1) is 4.91. The minimum absolute atomic E-state index is 0. The van der Waals surface area contributed by atoms with Crippen molar-refractivity contribution in [2.45, 2.75) is 65.2 Å². The first-order valence-corrected chi connectivity index (χ1v) is 4.91. The molecule has 0 bridgehead atoms. The highest BCUT2D eigenvalue weighted by atomic mass is 35.5. The van der Waals surface area contributed by atoms with Crippen LogP contribution in [-0.2, 0) is 0 Å². The molecule has 0 aromatic rings. The lowest BCUT2D eigenvalue weighted by atomic mass is 10.1. The Morgan fingerprint density at radius 1 is 0.538 bits per heavy atom. The summed E-state index contributed by atoms with van der Waals surface area (Å²) in [5.41, 5.74) is 0. The Morgan fingerprint density at radius 2 is 0.769 bits per heavy atom. The van der Waals surface area contributed by atoms with E-state index >= 15 is 0 Å². The normalized spacial score (nSPS) is 7.85. The molecule has 0 amide bonds. The first kappa shape index (κ1) is 23.7. The van der Waals surface area contributed by atoms with Gasteiger partial charge in [0.15, 0.2) is 0 Å². The van der Waals surface area contributed by atoms with E-state index in [0.717, 1.165) is 0 Å². The van der Waals surface area contributed by atoms with E-state index in [-0.39, 0.29) is 34.7 Å². The average molecular weight is 249 g/mol. The van der Waals surface area contributed by atoms with Crippen molar-refractivity contribution in [3.63, 3.8) is 0 Å². The zero-order valence-electron chi connectivity index (χ0n) is 9.18. The third kappa shape index (κ3) is 24.6. The smallest absolute Gasteiger partial charge is 0.0533 e. The van der Waals surface area contributed by atoms with E-state index in [1.54, 1.807) is 0 Å². The minimum Gasteiger partial charge on any atom is -0.153 e. The molecule has 0 radical (unpaired) electrons. The molecule has 1 unspecified atom stereocenters. The number of unbranched alkanes of at least 4 members (excludes halogenated alkanes) is 7. The predicted molar refractivity (Wildman–Crippen MR) is 73.9 cm³/mol. The van der Waals surface area contributed by atoms with E-state index in [1.165, 1.54) is 51.4 Å². The summed E-state index contributed by atoms with van der Waals surface area (Å²) in [7, 11) is 0. The third-order valence-electron chi connectivity index (χ3n) is 1.96. The quantitative estimate of drug-likeness (QED) is 0.437. The van der Waals surface area contributed by atoms with Gasteiger partial charge in [-0.3, -0.25) is 0 Å². The highest BCUT2D eigenvalue weighted by Crippen LogP contribution is 2.07. The molecule has 0 heterocycles. The van der Waals surface area contributed by atoms with Crippen LogP contribution >= 0.6 is 34.7 Å². The van der Waals surface area contributed by atoms with E-state index in [9.17, 15) is 0 Å². The molecular formula is C10H27Cl2P. The summed E-state index contributed by atoms with van der Waals surface area (Å²) in [5, 5.41) is 0. The Kier molecular flexibility index (Phi) is 42.1. The highest BCUT2D eigenvalue weighted by Gasteiger charge is 1.87. The van der Waals surface area contributed by atoms with Crippen LogP contribution in [0.1, 0.15) is 65.2 Å². The van der Waals surface area contributed by atoms with Gasteiger partial charge in [0.2, 0.25) is 0 Å². The molecule has 0 fully saturated rings. The third-order valence-corrected chi connectivity index (χ3v) is 1.96. The average Bonchev–Trinajstić information content (AvgIpc) is 1.97. The molecule has 86 valence electrons. The second-order valence-electron chi connectivity index (χ2n) is 3.12. The maximum absolute atomic E-state index is 2.27. The van der Waals surface area contributed by atoms with Gasteiger partial charge in [-0.2, -0.15) is 9.90 Å². The summed E-state index contributed by atoms with van der Waals surface area (Å²) < 4.78 is 0. The molecule has 13 heavy (non-hydrogen) atoms. The molecule has 0 spiro atoms. The lowest BCUT2D eigenvalue weighted by molar-refractivity contribution is 0.585. The molecular weight excluding hydrogens is 222 g/mol. The van der Waals surface area contributed by atoms with Gasteiger partial charge in [0.05, 0.1) is 0 Å². The van der Waals surface area contributed by atoms with Crippen molar-refractivity contribution in [1.29, 1.82) is 0 Å². The molecule has 0 rings (SSSR count). The maximum atomic E-state index is 2.27. The number of halogens is 2. The summed E-state index contributed by atoms with van der Waals surface area (Å²) in [6.07, 6.45) is 11.5. The molecule has 0 N–H and O–H groups in total. The summed E-state index contributed by atoms with van der Waals surface area (Å²) in [6, 6.07) is 0. The van der Waals surface area contributed by atoms with Crippen LogP contribution in [0.5, 0.6) is 0 Å². The molecule has 0 aromatic heterocycles. The lowest BCUT2D eigenvalue weighted by Crippen LogP contribution is -1.77. The Morgan fingerprint density at radius 3 is 1.00 bits per heavy atom. The van der Waals surface area contributed by atoms with Gasteiger partial charge in [-0.1, -0.05) is 65.2 Å². The predicted octanol–water partition coefficient (Wildman–Crippen LogP) is 5.05. The van der Waals surface area contributed by atoms with E-state index in [0.29, 0.717) is 0 Å². The summed E-state index contributed by atoms with van der Waals surface area (Å²) >= 11 is 0. The van der Waals surface area contributed by atoms with Crippen molar-refractivity contribution < 1.29 is 0 Å². The molecule has 3 heteroatoms. The minimum atomic E-state index is 0. The first-order valence-electron chi connectivity index (χ1n) is 4.91. The Bertz CT molecular complexity index is 52.9. The number of hydrogen-bond donors (Lipinski definition) is 0. The molecule has 0 aliphatic rings. The fourth-order valence-electron chi connectivity index (χ4n) is 1.21. The van der Waals surface area contributed by atoms with Crippen molar-refractivity contribution in [3.05, 3.63) is 0 Å². The zero-order chi connectivity index (χ0) is 7.66. The van der Waals surface area contributed by atoms with E-state index in [1.807, 2.05) is 0 Å². The Labute approximate surface area is 100 Å². The topological polar surface area (TPSA) is 0 Å². The molecule has 0 saturated carbocycles. The van der Waals surface area contributed by atoms with Crippen LogP contribution in [0.15, 0.2) is 0 Å². The maximum Gasteiger partial charge on any atom is -0.0533 e. The van der Waals surface area contributed by atoms with Gasteiger partial charge in [0, 0.05) is 0 Å². The van der Waals surface area contributed by atoms with Crippen molar-refractivity contribution >= 4 is 34.7 Å². The summed E-state index contributed by atoms with van der Waals surface area (Å²) in [4.78, 5) is 0. The SMILES string of the molecule is CCCCCCCCCC.Cl.Cl.P. The van der Waals surface area contributed by atoms with Crippen LogP contribution in [0, 0.1) is 0 Å². The zero-order valence-corrected chi connectivity index (χ0v) is 12.2. The Balaban J connectivity index is -0.000000135. The van der Waals surface area contributed by atoms with Gasteiger partial charge in [-0.15, -0.1) is 24.8 Å². The highest BCUT2D eigenvalue weighted by molar-refractivity contribution is 6.92. The largest absolute Gasteiger partial charge is 0.153 e. The lowest BCUT2D eigenvalue weighted by Gasteiger charge is -1.97. The van der Waals surface area contributed by atoms with Crippen LogP contribution in [-0.4, -0.2) is 0 Å². The second-order valence-corrected chi connectivity index (χ2v) is 3.12. The molecule has 0 aromatic carbocycles. The van der Waals surface area contributed by atoms with Crippen LogP contribution in [0.4, 0.5) is 0 Å². The molecule has 0 aliphatic carbocycles. The fraction of sp³-hybridized carbons (Fsp3) is 1.00. The summed E-state index contributed by atoms with van der Waals surface area (Å²) in [5.74, 6) is 0. The van der Waals surface area contributed by atoms with Gasteiger partial charge < -0.3 is 0 Å². The van der Waals surface area contributed by atoms with Crippen LogP contribution in [0.25, 0.3) is 0 Å². The number of hydrogen-bond acceptors (Lipinski definition) is 0. The van der Waals surface area contributed by atoms with Crippen molar-refractivity contribution in [2.24, 2.45) is 0 Å². The number of rotatable bonds is 7. The van der Waals surface area contributed by atoms with Gasteiger partial charge in [-0.05, 0) is 0 Å². The molecule has 1 atom stereocenters. The fourth-order valence-corrected chi connectivity index (χ4v) is 1.21. The van der Waals surface area contributed by atoms with E-state index in [2.05, 4.69) is 13.8 Å². The van der Waals surface area contributed by atoms with E-state index < -0.39 is 0 Å². The van der Waals surface area contributed by atoms with Crippen LogP contribution < -0.4 is 0 Å². The standard InChI is InChI=1S/C10H22.2ClH.H3P/c1-3-5-7-9-10-8-6-4-2;;;/h3-10H2,1-2H3;2*1H;1H3. The monoisotopic (exact) mass is 248 g/mol. The van der Waals surface area contributed by atoms with Crippen molar-refractivity contribution in [2.75, 3.05) is 0 Å². The van der Waals surface area contributed by atoms with Crippen LogP contribution in [0.3, 0.4) is 0 Å². The van der Waals surface area contributed by atoms with Crippen molar-refractivity contribution in [1.82, 2.24) is 0 Å². The van der Waals surface area contributed by atoms with Crippen LogP contribution in [0.2, 0.25) is 0 Å². The Hall–Kier alpha value is 1.01.